The number of thiophene rings is 1. The lowest BCUT2D eigenvalue weighted by Gasteiger charge is -2.21. The monoisotopic (exact) mass is 277 g/mol. The molecular formula is C13H15N3S2. The van der Waals surface area contributed by atoms with Crippen LogP contribution in [0.3, 0.4) is 0 Å². The number of nitrogens with two attached hydrogens (primary N) is 1. The maximum absolute atomic E-state index is 5.72. The first-order valence-corrected chi connectivity index (χ1v) is 6.94. The molecule has 0 aliphatic carbocycles. The number of likely N-dealkylation sites (N-methyl/N-ethyl adjacent to an activating group) is 1. The van der Waals surface area contributed by atoms with E-state index in [2.05, 4.69) is 27.4 Å². The van der Waals surface area contributed by atoms with E-state index in [1.807, 2.05) is 19.3 Å². The van der Waals surface area contributed by atoms with Gasteiger partial charge in [0.25, 0.3) is 0 Å². The van der Waals surface area contributed by atoms with Gasteiger partial charge in [0.05, 0.1) is 11.9 Å². The van der Waals surface area contributed by atoms with Crippen LogP contribution in [0, 0.1) is 0 Å². The van der Waals surface area contributed by atoms with E-state index in [4.69, 9.17) is 18.0 Å². The van der Waals surface area contributed by atoms with Gasteiger partial charge in [0.1, 0.15) is 4.99 Å². The van der Waals surface area contributed by atoms with E-state index in [0.717, 1.165) is 24.2 Å². The number of hydrogen-bond donors (Lipinski definition) is 1. The van der Waals surface area contributed by atoms with Gasteiger partial charge < -0.3 is 10.6 Å². The lowest BCUT2D eigenvalue weighted by Crippen LogP contribution is -2.24. The van der Waals surface area contributed by atoms with Crippen molar-refractivity contribution in [3.8, 4) is 0 Å². The second kappa shape index (κ2) is 5.93. The van der Waals surface area contributed by atoms with Crippen LogP contribution in [0.25, 0.3) is 0 Å². The smallest absolute Gasteiger partial charge is 0.106 e. The van der Waals surface area contributed by atoms with Gasteiger partial charge in [-0.3, -0.25) is 4.98 Å². The Kier molecular flexibility index (Phi) is 4.28. The van der Waals surface area contributed by atoms with Gasteiger partial charge in [-0.1, -0.05) is 18.3 Å². The van der Waals surface area contributed by atoms with E-state index in [1.165, 1.54) is 4.88 Å². The van der Waals surface area contributed by atoms with Crippen molar-refractivity contribution in [2.75, 3.05) is 18.5 Å². The largest absolute Gasteiger partial charge is 0.389 e. The van der Waals surface area contributed by atoms with Crippen LogP contribution in [-0.4, -0.2) is 23.6 Å². The van der Waals surface area contributed by atoms with Crippen molar-refractivity contribution in [2.24, 2.45) is 5.73 Å². The molecule has 2 N–H and O–H groups in total. The second-order valence-electron chi connectivity index (χ2n) is 4.01. The highest BCUT2D eigenvalue weighted by atomic mass is 32.1. The minimum absolute atomic E-state index is 0.412. The molecule has 2 rings (SSSR count). The molecule has 0 bridgehead atoms. The van der Waals surface area contributed by atoms with E-state index in [9.17, 15) is 0 Å². The number of anilines is 1. The standard InChI is InChI=1S/C13H15N3S2/c1-16(7-5-10-3-2-8-18-10)12-9-15-6-4-11(12)13(14)17/h2-4,6,8-9H,5,7H2,1H3,(H2,14,17). The van der Waals surface area contributed by atoms with Crippen molar-refractivity contribution < 1.29 is 0 Å². The number of nitrogens with zero attached hydrogens (tertiary/aromatic N) is 2. The predicted octanol–water partition coefficient (Wildman–Crippen LogP) is 2.46. The lowest BCUT2D eigenvalue weighted by atomic mass is 10.2. The van der Waals surface area contributed by atoms with Crippen LogP contribution in [0.1, 0.15) is 10.4 Å². The van der Waals surface area contributed by atoms with Gasteiger partial charge in [-0.15, -0.1) is 11.3 Å². The fourth-order valence-electron chi connectivity index (χ4n) is 1.75. The first-order valence-electron chi connectivity index (χ1n) is 5.66. The summed E-state index contributed by atoms with van der Waals surface area (Å²) in [6.45, 7) is 0.918. The van der Waals surface area contributed by atoms with E-state index in [-0.39, 0.29) is 0 Å². The van der Waals surface area contributed by atoms with E-state index < -0.39 is 0 Å². The van der Waals surface area contributed by atoms with Crippen LogP contribution < -0.4 is 10.6 Å². The zero-order chi connectivity index (χ0) is 13.0. The Labute approximate surface area is 116 Å². The Morgan fingerprint density at radius 2 is 2.33 bits per heavy atom. The van der Waals surface area contributed by atoms with Crippen molar-refractivity contribution in [1.29, 1.82) is 0 Å². The summed E-state index contributed by atoms with van der Waals surface area (Å²) >= 11 is 6.84. The van der Waals surface area contributed by atoms with Crippen molar-refractivity contribution in [2.45, 2.75) is 6.42 Å². The summed E-state index contributed by atoms with van der Waals surface area (Å²) in [4.78, 5) is 8.07. The normalized spacial score (nSPS) is 10.3. The van der Waals surface area contributed by atoms with E-state index in [1.54, 1.807) is 17.5 Å². The zero-order valence-electron chi connectivity index (χ0n) is 10.2. The Bertz CT molecular complexity index is 523. The molecule has 5 heteroatoms. The Morgan fingerprint density at radius 3 is 3.00 bits per heavy atom. The highest BCUT2D eigenvalue weighted by molar-refractivity contribution is 7.80. The fraction of sp³-hybridized carbons (Fsp3) is 0.231. The van der Waals surface area contributed by atoms with Crippen LogP contribution >= 0.6 is 23.6 Å². The maximum atomic E-state index is 5.72. The minimum atomic E-state index is 0.412. The van der Waals surface area contributed by atoms with Crippen LogP contribution in [-0.2, 0) is 6.42 Å². The number of pyridine rings is 1. The van der Waals surface area contributed by atoms with Crippen LogP contribution in [0.5, 0.6) is 0 Å². The predicted molar refractivity (Wildman–Crippen MR) is 81.4 cm³/mol. The van der Waals surface area contributed by atoms with Crippen molar-refractivity contribution in [3.63, 3.8) is 0 Å². The molecule has 0 saturated heterocycles. The van der Waals surface area contributed by atoms with Gasteiger partial charge in [-0.05, 0) is 23.9 Å². The molecule has 0 saturated carbocycles. The third-order valence-corrected chi connectivity index (χ3v) is 3.91. The summed E-state index contributed by atoms with van der Waals surface area (Å²) in [6, 6.07) is 6.08. The van der Waals surface area contributed by atoms with Gasteiger partial charge in [0.2, 0.25) is 0 Å². The first-order chi connectivity index (χ1) is 8.68. The third kappa shape index (κ3) is 3.05. The molecule has 0 radical (unpaired) electrons. The molecule has 0 amide bonds. The highest BCUT2D eigenvalue weighted by Gasteiger charge is 2.09. The van der Waals surface area contributed by atoms with Gasteiger partial charge in [-0.2, -0.15) is 0 Å². The SMILES string of the molecule is CN(CCc1cccs1)c1cnccc1C(N)=S. The summed E-state index contributed by atoms with van der Waals surface area (Å²) in [5.41, 5.74) is 7.59. The summed E-state index contributed by atoms with van der Waals surface area (Å²) in [7, 11) is 2.03. The Balaban J connectivity index is 2.09. The topological polar surface area (TPSA) is 42.2 Å². The average Bonchev–Trinajstić information content (AvgIpc) is 2.89. The fourth-order valence-corrected chi connectivity index (χ4v) is 2.62. The number of hydrogen-bond acceptors (Lipinski definition) is 4. The molecule has 2 aromatic rings. The van der Waals surface area contributed by atoms with Crippen LogP contribution in [0.2, 0.25) is 0 Å². The van der Waals surface area contributed by atoms with E-state index in [0.29, 0.717) is 4.99 Å². The lowest BCUT2D eigenvalue weighted by molar-refractivity contribution is 0.883. The molecule has 18 heavy (non-hydrogen) atoms. The molecule has 0 unspecified atom stereocenters. The molecule has 2 heterocycles. The molecule has 0 aliphatic rings. The number of aromatic nitrogens is 1. The van der Waals surface area contributed by atoms with Crippen molar-refractivity contribution in [3.05, 3.63) is 46.4 Å². The van der Waals surface area contributed by atoms with Gasteiger partial charge in [0.15, 0.2) is 0 Å². The minimum Gasteiger partial charge on any atom is -0.389 e. The summed E-state index contributed by atoms with van der Waals surface area (Å²) < 4.78 is 0. The molecule has 0 fully saturated rings. The molecule has 0 spiro atoms. The Morgan fingerprint density at radius 1 is 1.50 bits per heavy atom. The molecule has 0 atom stereocenters. The quantitative estimate of drug-likeness (QED) is 0.853. The summed E-state index contributed by atoms with van der Waals surface area (Å²) in [6.07, 6.45) is 4.54. The van der Waals surface area contributed by atoms with Crippen molar-refractivity contribution in [1.82, 2.24) is 4.98 Å². The number of thiocarbonyl (C=S) groups is 1. The third-order valence-electron chi connectivity index (χ3n) is 2.75. The van der Waals surface area contributed by atoms with Crippen LogP contribution in [0.4, 0.5) is 5.69 Å². The Hall–Kier alpha value is -1.46. The molecular weight excluding hydrogens is 262 g/mol. The van der Waals surface area contributed by atoms with Gasteiger partial charge in [0, 0.05) is 30.2 Å². The zero-order valence-corrected chi connectivity index (χ0v) is 11.8. The number of rotatable bonds is 5. The molecule has 0 aliphatic heterocycles. The van der Waals surface area contributed by atoms with Crippen molar-refractivity contribution >= 4 is 34.2 Å². The molecule has 94 valence electrons. The maximum Gasteiger partial charge on any atom is 0.106 e. The molecule has 3 nitrogen and oxygen atoms in total. The average molecular weight is 277 g/mol. The molecule has 2 aromatic heterocycles. The van der Waals surface area contributed by atoms with Gasteiger partial charge >= 0.3 is 0 Å². The summed E-state index contributed by atoms with van der Waals surface area (Å²) in [5.74, 6) is 0. The van der Waals surface area contributed by atoms with Crippen LogP contribution in [0.15, 0.2) is 36.0 Å². The molecule has 0 aromatic carbocycles. The van der Waals surface area contributed by atoms with E-state index >= 15 is 0 Å². The van der Waals surface area contributed by atoms with Gasteiger partial charge in [-0.25, -0.2) is 0 Å². The second-order valence-corrected chi connectivity index (χ2v) is 5.48. The highest BCUT2D eigenvalue weighted by Crippen LogP contribution is 2.18. The first kappa shape index (κ1) is 13.0. The summed E-state index contributed by atoms with van der Waals surface area (Å²) in [5, 5.41) is 2.10.